The summed E-state index contributed by atoms with van der Waals surface area (Å²) in [4.78, 5) is 28.8. The first kappa shape index (κ1) is 17.5. The summed E-state index contributed by atoms with van der Waals surface area (Å²) in [7, 11) is 3.62. The molecular weight excluding hydrogens is 318 g/mol. The van der Waals surface area contributed by atoms with Crippen LogP contribution in [0.3, 0.4) is 0 Å². The molecule has 0 unspecified atom stereocenters. The van der Waals surface area contributed by atoms with Gasteiger partial charge >= 0.3 is 0 Å². The van der Waals surface area contributed by atoms with E-state index in [2.05, 4.69) is 10.2 Å². The molecule has 0 bridgehead atoms. The number of hydrogen-bond acceptors (Lipinski definition) is 4. The van der Waals surface area contributed by atoms with Crippen molar-refractivity contribution in [2.75, 3.05) is 40.3 Å². The minimum atomic E-state index is -0.204. The maximum Gasteiger partial charge on any atom is 0.227 e. The molecule has 1 aromatic heterocycles. The molecular formula is C19H25N3O3. The monoisotopic (exact) mass is 343 g/mol. The number of fused-ring (bicyclic) bond motifs is 1. The molecule has 6 heteroatoms. The van der Waals surface area contributed by atoms with Crippen molar-refractivity contribution in [3.8, 4) is 0 Å². The fraction of sp³-hybridized carbons (Fsp3) is 0.474. The van der Waals surface area contributed by atoms with Crippen LogP contribution in [0, 0.1) is 12.8 Å². The summed E-state index contributed by atoms with van der Waals surface area (Å²) < 4.78 is 5.59. The lowest BCUT2D eigenvalue weighted by molar-refractivity contribution is -0.132. The third kappa shape index (κ3) is 3.85. The molecule has 2 heterocycles. The molecule has 1 atom stereocenters. The van der Waals surface area contributed by atoms with Crippen LogP contribution in [0.5, 0.6) is 0 Å². The lowest BCUT2D eigenvalue weighted by Crippen LogP contribution is -2.41. The van der Waals surface area contributed by atoms with Crippen LogP contribution in [0.15, 0.2) is 28.9 Å². The number of carbonyl (C=O) groups excluding carboxylic acids is 2. The molecule has 1 saturated heterocycles. The smallest absolute Gasteiger partial charge is 0.227 e. The zero-order valence-corrected chi connectivity index (χ0v) is 15.0. The number of amides is 2. The van der Waals surface area contributed by atoms with Crippen LogP contribution in [-0.4, -0.2) is 61.9 Å². The van der Waals surface area contributed by atoms with Gasteiger partial charge in [0, 0.05) is 44.2 Å². The predicted octanol–water partition coefficient (Wildman–Crippen LogP) is 1.42. The molecule has 1 aromatic carbocycles. The molecule has 1 fully saturated rings. The number of aryl methyl sites for hydroxylation is 1. The zero-order chi connectivity index (χ0) is 18.0. The number of rotatable bonds is 3. The number of hydrogen-bond donors (Lipinski definition) is 1. The van der Waals surface area contributed by atoms with Crippen LogP contribution in [0.1, 0.15) is 11.1 Å². The SMILES string of the molecule is CNC(=O)[C@@H]1CN(C)CCN(C(=O)Cc2coc3cc(C)ccc23)C1. The molecule has 1 aliphatic rings. The van der Waals surface area contributed by atoms with Crippen LogP contribution in [0.25, 0.3) is 11.0 Å². The minimum absolute atomic E-state index is 0.0178. The van der Waals surface area contributed by atoms with Crippen molar-refractivity contribution in [3.05, 3.63) is 35.6 Å². The fourth-order valence-corrected chi connectivity index (χ4v) is 3.37. The lowest BCUT2D eigenvalue weighted by atomic mass is 10.1. The van der Waals surface area contributed by atoms with Crippen molar-refractivity contribution < 1.29 is 14.0 Å². The molecule has 0 aliphatic carbocycles. The molecule has 1 N–H and O–H groups in total. The van der Waals surface area contributed by atoms with E-state index in [1.165, 1.54) is 0 Å². The first-order valence-electron chi connectivity index (χ1n) is 8.62. The molecule has 6 nitrogen and oxygen atoms in total. The van der Waals surface area contributed by atoms with E-state index < -0.39 is 0 Å². The van der Waals surface area contributed by atoms with Gasteiger partial charge in [-0.3, -0.25) is 9.59 Å². The van der Waals surface area contributed by atoms with E-state index in [0.717, 1.165) is 28.6 Å². The second-order valence-corrected chi connectivity index (χ2v) is 6.85. The van der Waals surface area contributed by atoms with Gasteiger partial charge in [-0.2, -0.15) is 0 Å². The van der Waals surface area contributed by atoms with Gasteiger partial charge in [-0.1, -0.05) is 12.1 Å². The lowest BCUT2D eigenvalue weighted by Gasteiger charge is -2.23. The Balaban J connectivity index is 1.75. The highest BCUT2D eigenvalue weighted by Gasteiger charge is 2.28. The summed E-state index contributed by atoms with van der Waals surface area (Å²) in [5.74, 6) is -0.187. The minimum Gasteiger partial charge on any atom is -0.464 e. The summed E-state index contributed by atoms with van der Waals surface area (Å²) in [5, 5.41) is 3.68. The Hall–Kier alpha value is -2.34. The van der Waals surface area contributed by atoms with Crippen molar-refractivity contribution in [1.82, 2.24) is 15.1 Å². The van der Waals surface area contributed by atoms with Gasteiger partial charge in [-0.15, -0.1) is 0 Å². The van der Waals surface area contributed by atoms with Crippen molar-refractivity contribution in [2.45, 2.75) is 13.3 Å². The van der Waals surface area contributed by atoms with Crippen molar-refractivity contribution in [2.24, 2.45) is 5.92 Å². The van der Waals surface area contributed by atoms with Crippen molar-refractivity contribution in [1.29, 1.82) is 0 Å². The third-order valence-corrected chi connectivity index (χ3v) is 4.85. The first-order valence-corrected chi connectivity index (χ1v) is 8.62. The van der Waals surface area contributed by atoms with Gasteiger partial charge in [0.05, 0.1) is 18.6 Å². The summed E-state index contributed by atoms with van der Waals surface area (Å²) in [6.07, 6.45) is 1.96. The normalized spacial score (nSPS) is 19.0. The number of furan rings is 1. The Kier molecular flexibility index (Phi) is 5.08. The van der Waals surface area contributed by atoms with Gasteiger partial charge in [-0.25, -0.2) is 0 Å². The summed E-state index contributed by atoms with van der Waals surface area (Å²) in [5.41, 5.74) is 2.83. The molecule has 0 spiro atoms. The van der Waals surface area contributed by atoms with Crippen LogP contribution >= 0.6 is 0 Å². The number of likely N-dealkylation sites (N-methyl/N-ethyl adjacent to an activating group) is 1. The van der Waals surface area contributed by atoms with Crippen molar-refractivity contribution >= 4 is 22.8 Å². The summed E-state index contributed by atoms with van der Waals surface area (Å²) in [6, 6.07) is 6.00. The Morgan fingerprint density at radius 2 is 2.08 bits per heavy atom. The van der Waals surface area contributed by atoms with Crippen molar-refractivity contribution in [3.63, 3.8) is 0 Å². The van der Waals surface area contributed by atoms with E-state index >= 15 is 0 Å². The summed E-state index contributed by atoms with van der Waals surface area (Å²) in [6.45, 7) is 4.54. The highest BCUT2D eigenvalue weighted by atomic mass is 16.3. The average molecular weight is 343 g/mol. The molecule has 3 rings (SSSR count). The second-order valence-electron chi connectivity index (χ2n) is 6.85. The van der Waals surface area contributed by atoms with E-state index in [4.69, 9.17) is 4.42 Å². The second kappa shape index (κ2) is 7.27. The quantitative estimate of drug-likeness (QED) is 0.915. The van der Waals surface area contributed by atoms with Gasteiger partial charge in [0.25, 0.3) is 0 Å². The van der Waals surface area contributed by atoms with E-state index in [9.17, 15) is 9.59 Å². The Morgan fingerprint density at radius 3 is 2.84 bits per heavy atom. The highest BCUT2D eigenvalue weighted by Crippen LogP contribution is 2.23. The molecule has 1 aliphatic heterocycles. The van der Waals surface area contributed by atoms with Gasteiger partial charge in [0.15, 0.2) is 0 Å². The van der Waals surface area contributed by atoms with E-state index in [-0.39, 0.29) is 17.7 Å². The number of nitrogens with one attached hydrogen (secondary N) is 1. The molecule has 134 valence electrons. The first-order chi connectivity index (χ1) is 12.0. The van der Waals surface area contributed by atoms with Gasteiger partial charge < -0.3 is 19.5 Å². The number of carbonyl (C=O) groups is 2. The third-order valence-electron chi connectivity index (χ3n) is 4.85. The van der Waals surface area contributed by atoms with Gasteiger partial charge in [0.1, 0.15) is 5.58 Å². The number of benzene rings is 1. The zero-order valence-electron chi connectivity index (χ0n) is 15.0. The van der Waals surface area contributed by atoms with Crippen LogP contribution in [-0.2, 0) is 16.0 Å². The fourth-order valence-electron chi connectivity index (χ4n) is 3.37. The topological polar surface area (TPSA) is 65.8 Å². The largest absolute Gasteiger partial charge is 0.464 e. The summed E-state index contributed by atoms with van der Waals surface area (Å²) >= 11 is 0. The van der Waals surface area contributed by atoms with E-state index in [1.54, 1.807) is 18.2 Å². The molecule has 2 amide bonds. The van der Waals surface area contributed by atoms with Gasteiger partial charge in [-0.05, 0) is 25.6 Å². The van der Waals surface area contributed by atoms with E-state index in [0.29, 0.717) is 26.1 Å². The predicted molar refractivity (Wildman–Crippen MR) is 96.3 cm³/mol. The number of nitrogens with zero attached hydrogens (tertiary/aromatic N) is 2. The Morgan fingerprint density at radius 1 is 1.28 bits per heavy atom. The maximum absolute atomic E-state index is 12.8. The average Bonchev–Trinajstić information content (AvgIpc) is 2.86. The maximum atomic E-state index is 12.8. The Labute approximate surface area is 147 Å². The standard InChI is InChI=1S/C19H25N3O3/c1-13-4-5-16-14(12-25-17(16)8-13)9-18(23)22-7-6-21(3)10-15(11-22)19(24)20-2/h4-5,8,12,15H,6-7,9-11H2,1-3H3,(H,20,24)/t15-/m1/s1. The molecule has 0 radical (unpaired) electrons. The van der Waals surface area contributed by atoms with Crippen LogP contribution in [0.2, 0.25) is 0 Å². The molecule has 0 saturated carbocycles. The Bertz CT molecular complexity index is 783. The highest BCUT2D eigenvalue weighted by molar-refractivity contribution is 5.88. The molecule has 2 aromatic rings. The van der Waals surface area contributed by atoms with E-state index in [1.807, 2.05) is 32.2 Å². The van der Waals surface area contributed by atoms with Gasteiger partial charge in [0.2, 0.25) is 11.8 Å². The molecule has 25 heavy (non-hydrogen) atoms. The van der Waals surface area contributed by atoms with Crippen LogP contribution in [0.4, 0.5) is 0 Å². The van der Waals surface area contributed by atoms with Crippen LogP contribution < -0.4 is 5.32 Å².